The van der Waals surface area contributed by atoms with Crippen LogP contribution in [-0.2, 0) is 11.2 Å². The Kier molecular flexibility index (Phi) is 4.46. The normalized spacial score (nSPS) is 13.7. The number of nitrogens with two attached hydrogens (primary N) is 1. The van der Waals surface area contributed by atoms with Gasteiger partial charge in [0.25, 0.3) is 0 Å². The van der Waals surface area contributed by atoms with Gasteiger partial charge in [-0.25, -0.2) is 0 Å². The summed E-state index contributed by atoms with van der Waals surface area (Å²) in [6, 6.07) is 2.29. The predicted octanol–water partition coefficient (Wildman–Crippen LogP) is 2.09. The van der Waals surface area contributed by atoms with E-state index in [0.29, 0.717) is 18.9 Å². The van der Waals surface area contributed by atoms with Gasteiger partial charge in [0.1, 0.15) is 5.78 Å². The number of rotatable bonds is 6. The van der Waals surface area contributed by atoms with Gasteiger partial charge in [-0.15, -0.1) is 0 Å². The molecule has 17 heavy (non-hydrogen) atoms. The van der Waals surface area contributed by atoms with Gasteiger partial charge in [-0.2, -0.15) is 5.10 Å². The molecule has 0 saturated carbocycles. The lowest BCUT2D eigenvalue weighted by molar-refractivity contribution is -0.119. The first-order chi connectivity index (χ1) is 7.81. The number of carbonyl (C=O) groups is 1. The second kappa shape index (κ2) is 5.45. The molecule has 1 unspecified atom stereocenters. The maximum Gasteiger partial charge on any atom is 0.140 e. The lowest BCUT2D eigenvalue weighted by atomic mass is 9.97. The average molecular weight is 237 g/mol. The van der Waals surface area contributed by atoms with Gasteiger partial charge in [0.2, 0.25) is 0 Å². The highest BCUT2D eigenvalue weighted by molar-refractivity contribution is 5.81. The molecular formula is C13H23N3O. The molecule has 0 aliphatic carbocycles. The van der Waals surface area contributed by atoms with Gasteiger partial charge < -0.3 is 5.73 Å². The Labute approximate surface area is 103 Å². The van der Waals surface area contributed by atoms with E-state index in [9.17, 15) is 4.79 Å². The molecule has 4 heteroatoms. The van der Waals surface area contributed by atoms with Crippen LogP contribution in [0.3, 0.4) is 0 Å². The molecule has 0 amide bonds. The molecule has 1 aromatic heterocycles. The van der Waals surface area contributed by atoms with Crippen LogP contribution in [0, 0.1) is 0 Å². The van der Waals surface area contributed by atoms with Crippen molar-refractivity contribution in [2.24, 2.45) is 5.73 Å². The second-order valence-corrected chi connectivity index (χ2v) is 5.43. The van der Waals surface area contributed by atoms with E-state index in [1.807, 2.05) is 30.8 Å². The molecular weight excluding hydrogens is 214 g/mol. The SMILES string of the molecule is CCC(C)n1ccc(CC(=O)CC(C)(C)N)n1. The van der Waals surface area contributed by atoms with Crippen LogP contribution >= 0.6 is 0 Å². The van der Waals surface area contributed by atoms with Crippen molar-refractivity contribution in [3.8, 4) is 0 Å². The molecule has 0 bridgehead atoms. The Bertz CT molecular complexity index is 376. The topological polar surface area (TPSA) is 60.9 Å². The van der Waals surface area contributed by atoms with Crippen LogP contribution in [0.1, 0.15) is 52.3 Å². The van der Waals surface area contributed by atoms with Crippen molar-refractivity contribution in [2.75, 3.05) is 0 Å². The van der Waals surface area contributed by atoms with Crippen LogP contribution in [0.5, 0.6) is 0 Å². The second-order valence-electron chi connectivity index (χ2n) is 5.43. The van der Waals surface area contributed by atoms with Gasteiger partial charge >= 0.3 is 0 Å². The summed E-state index contributed by atoms with van der Waals surface area (Å²) in [4.78, 5) is 11.7. The minimum atomic E-state index is -0.434. The van der Waals surface area contributed by atoms with Crippen molar-refractivity contribution in [1.82, 2.24) is 9.78 Å². The maximum atomic E-state index is 11.7. The Morgan fingerprint density at radius 3 is 2.76 bits per heavy atom. The van der Waals surface area contributed by atoms with Crippen molar-refractivity contribution >= 4 is 5.78 Å². The molecule has 1 rings (SSSR count). The minimum absolute atomic E-state index is 0.145. The van der Waals surface area contributed by atoms with E-state index in [1.165, 1.54) is 0 Å². The van der Waals surface area contributed by atoms with E-state index in [2.05, 4.69) is 18.9 Å². The van der Waals surface area contributed by atoms with Crippen molar-refractivity contribution in [1.29, 1.82) is 0 Å². The minimum Gasteiger partial charge on any atom is -0.325 e. The smallest absolute Gasteiger partial charge is 0.140 e. The first kappa shape index (κ1) is 13.9. The van der Waals surface area contributed by atoms with Gasteiger partial charge in [-0.3, -0.25) is 9.48 Å². The largest absolute Gasteiger partial charge is 0.325 e. The van der Waals surface area contributed by atoms with E-state index in [-0.39, 0.29) is 5.78 Å². The molecule has 0 saturated heterocycles. The summed E-state index contributed by atoms with van der Waals surface area (Å²) in [5.41, 5.74) is 6.22. The third kappa shape index (κ3) is 4.69. The van der Waals surface area contributed by atoms with Gasteiger partial charge in [0.15, 0.2) is 0 Å². The fourth-order valence-corrected chi connectivity index (χ4v) is 1.68. The highest BCUT2D eigenvalue weighted by Gasteiger charge is 2.17. The first-order valence-corrected chi connectivity index (χ1v) is 6.16. The molecule has 0 aliphatic rings. The zero-order chi connectivity index (χ0) is 13.1. The summed E-state index contributed by atoms with van der Waals surface area (Å²) < 4.78 is 1.91. The van der Waals surface area contributed by atoms with E-state index in [4.69, 9.17) is 5.73 Å². The summed E-state index contributed by atoms with van der Waals surface area (Å²) in [5, 5.41) is 4.41. The molecule has 1 heterocycles. The fourth-order valence-electron chi connectivity index (χ4n) is 1.68. The summed E-state index contributed by atoms with van der Waals surface area (Å²) in [6.45, 7) is 7.96. The fraction of sp³-hybridized carbons (Fsp3) is 0.692. The quantitative estimate of drug-likeness (QED) is 0.824. The number of hydrogen-bond acceptors (Lipinski definition) is 3. The van der Waals surface area contributed by atoms with Crippen molar-refractivity contribution in [3.05, 3.63) is 18.0 Å². The van der Waals surface area contributed by atoms with E-state index in [0.717, 1.165) is 12.1 Å². The molecule has 0 fully saturated rings. The number of Topliss-reactive ketones (excluding diaryl/α,β-unsaturated/α-hetero) is 1. The summed E-state index contributed by atoms with van der Waals surface area (Å²) in [5.74, 6) is 0.145. The number of aromatic nitrogens is 2. The van der Waals surface area contributed by atoms with Gasteiger partial charge in [0.05, 0.1) is 12.1 Å². The zero-order valence-corrected chi connectivity index (χ0v) is 11.2. The van der Waals surface area contributed by atoms with Crippen LogP contribution in [-0.4, -0.2) is 21.1 Å². The maximum absolute atomic E-state index is 11.7. The lowest BCUT2D eigenvalue weighted by Gasteiger charge is -2.16. The number of carbonyl (C=O) groups excluding carboxylic acids is 1. The Balaban J connectivity index is 2.58. The molecule has 0 aromatic carbocycles. The molecule has 0 spiro atoms. The van der Waals surface area contributed by atoms with Crippen molar-refractivity contribution in [3.63, 3.8) is 0 Å². The molecule has 2 N–H and O–H groups in total. The first-order valence-electron chi connectivity index (χ1n) is 6.16. The molecule has 96 valence electrons. The third-order valence-electron chi connectivity index (χ3n) is 2.74. The predicted molar refractivity (Wildman–Crippen MR) is 68.8 cm³/mol. The highest BCUT2D eigenvalue weighted by Crippen LogP contribution is 2.11. The van der Waals surface area contributed by atoms with E-state index >= 15 is 0 Å². The van der Waals surface area contributed by atoms with Crippen LogP contribution in [0.25, 0.3) is 0 Å². The third-order valence-corrected chi connectivity index (χ3v) is 2.74. The van der Waals surface area contributed by atoms with Crippen LogP contribution < -0.4 is 5.73 Å². The zero-order valence-electron chi connectivity index (χ0n) is 11.2. The van der Waals surface area contributed by atoms with Crippen molar-refractivity contribution < 1.29 is 4.79 Å². The van der Waals surface area contributed by atoms with Crippen molar-refractivity contribution in [2.45, 2.75) is 58.5 Å². The molecule has 1 aromatic rings. The van der Waals surface area contributed by atoms with Crippen LogP contribution in [0.4, 0.5) is 0 Å². The standard InChI is InChI=1S/C13H23N3O/c1-5-10(2)16-7-6-11(15-16)8-12(17)9-13(3,4)14/h6-7,10H,5,8-9,14H2,1-4H3. The molecule has 0 radical (unpaired) electrons. The van der Waals surface area contributed by atoms with Gasteiger partial charge in [-0.1, -0.05) is 6.92 Å². The summed E-state index contributed by atoms with van der Waals surface area (Å²) >= 11 is 0. The average Bonchev–Trinajstić information content (AvgIpc) is 2.62. The highest BCUT2D eigenvalue weighted by atomic mass is 16.1. The Morgan fingerprint density at radius 1 is 1.59 bits per heavy atom. The number of hydrogen-bond donors (Lipinski definition) is 1. The van der Waals surface area contributed by atoms with E-state index in [1.54, 1.807) is 0 Å². The number of nitrogens with zero attached hydrogens (tertiary/aromatic N) is 2. The number of ketones is 1. The van der Waals surface area contributed by atoms with Gasteiger partial charge in [-0.05, 0) is 33.3 Å². The Hall–Kier alpha value is -1.16. The molecule has 1 atom stereocenters. The summed E-state index contributed by atoms with van der Waals surface area (Å²) in [6.07, 6.45) is 3.74. The Morgan fingerprint density at radius 2 is 2.24 bits per heavy atom. The van der Waals surface area contributed by atoms with Crippen LogP contribution in [0.2, 0.25) is 0 Å². The lowest BCUT2D eigenvalue weighted by Crippen LogP contribution is -2.35. The molecule has 4 nitrogen and oxygen atoms in total. The monoisotopic (exact) mass is 237 g/mol. The summed E-state index contributed by atoms with van der Waals surface area (Å²) in [7, 11) is 0. The van der Waals surface area contributed by atoms with Crippen LogP contribution in [0.15, 0.2) is 12.3 Å². The molecule has 0 aliphatic heterocycles. The van der Waals surface area contributed by atoms with Gasteiger partial charge in [0, 0.05) is 24.2 Å². The van der Waals surface area contributed by atoms with E-state index < -0.39 is 5.54 Å².